The topological polar surface area (TPSA) is 98.2 Å². The number of aromatic nitrogens is 5. The van der Waals surface area contributed by atoms with Crippen LogP contribution in [-0.2, 0) is 0 Å². The zero-order valence-electron chi connectivity index (χ0n) is 17.4. The first-order chi connectivity index (χ1) is 16.1. The Hall–Kier alpha value is -3.92. The molecule has 0 radical (unpaired) electrons. The summed E-state index contributed by atoms with van der Waals surface area (Å²) in [7, 11) is 0. The van der Waals surface area contributed by atoms with Gasteiger partial charge in [-0.2, -0.15) is 4.98 Å². The molecule has 6 rings (SSSR count). The highest BCUT2D eigenvalue weighted by Gasteiger charge is 2.43. The van der Waals surface area contributed by atoms with E-state index in [1.54, 1.807) is 22.2 Å². The van der Waals surface area contributed by atoms with E-state index in [0.717, 1.165) is 16.8 Å². The zero-order valence-corrected chi connectivity index (χ0v) is 18.2. The first-order valence-corrected chi connectivity index (χ1v) is 11.3. The molecular weight excluding hydrogens is 443 g/mol. The molecule has 1 fully saturated rings. The third-order valence-electron chi connectivity index (χ3n) is 5.69. The fourth-order valence-electron chi connectivity index (χ4n) is 3.67. The van der Waals surface area contributed by atoms with Crippen LogP contribution in [0.1, 0.15) is 34.3 Å². The first-order valence-electron chi connectivity index (χ1n) is 10.3. The van der Waals surface area contributed by atoms with E-state index in [-0.39, 0.29) is 11.8 Å². The number of benzene rings is 1. The number of pyridine rings is 1. The van der Waals surface area contributed by atoms with Gasteiger partial charge in [0, 0.05) is 28.4 Å². The smallest absolute Gasteiger partial charge is 0.274 e. The number of aryl methyl sites for hydroxylation is 1. The van der Waals surface area contributed by atoms with Crippen LogP contribution in [0.2, 0.25) is 0 Å². The standard InChI is InChI=1S/C23H17FN6O2S/c1-12-2-3-14(21-28-23(32-29-21)15-8-16(15)24)6-17(12)27-22(31)19-9-25-20-7-13(4-5-30(19)20)18-10-33-11-26-18/h2-7,9-11,15-16H,8H2,1H3,(H,27,31)/t15-,16-/m0/s1. The number of fused-ring (bicyclic) bond motifs is 1. The Morgan fingerprint density at radius 2 is 2.12 bits per heavy atom. The summed E-state index contributed by atoms with van der Waals surface area (Å²) >= 11 is 1.52. The normalized spacial score (nSPS) is 17.4. The molecule has 1 aromatic carbocycles. The van der Waals surface area contributed by atoms with Crippen molar-refractivity contribution in [2.24, 2.45) is 0 Å². The number of nitrogens with one attached hydrogen (secondary N) is 1. The van der Waals surface area contributed by atoms with E-state index >= 15 is 0 Å². The molecule has 2 atom stereocenters. The lowest BCUT2D eigenvalue weighted by molar-refractivity contribution is 0.102. The lowest BCUT2D eigenvalue weighted by Crippen LogP contribution is -2.15. The summed E-state index contributed by atoms with van der Waals surface area (Å²) in [5, 5.41) is 8.88. The molecular formula is C23H17FN6O2S. The first kappa shape index (κ1) is 19.7. The van der Waals surface area contributed by atoms with Crippen molar-refractivity contribution >= 4 is 28.6 Å². The van der Waals surface area contributed by atoms with Gasteiger partial charge in [-0.25, -0.2) is 14.4 Å². The number of thiazole rings is 1. The van der Waals surface area contributed by atoms with Crippen molar-refractivity contribution in [2.45, 2.75) is 25.4 Å². The highest BCUT2D eigenvalue weighted by molar-refractivity contribution is 7.07. The van der Waals surface area contributed by atoms with Gasteiger partial charge in [0.15, 0.2) is 0 Å². The maximum atomic E-state index is 13.3. The van der Waals surface area contributed by atoms with Crippen molar-refractivity contribution in [2.75, 3.05) is 5.32 Å². The molecule has 8 nitrogen and oxygen atoms in total. The van der Waals surface area contributed by atoms with Crippen LogP contribution in [-0.4, -0.2) is 36.6 Å². The Kier molecular flexibility index (Phi) is 4.54. The Balaban J connectivity index is 1.26. The van der Waals surface area contributed by atoms with Gasteiger partial charge in [0.05, 0.1) is 23.3 Å². The maximum absolute atomic E-state index is 13.3. The molecule has 1 amide bonds. The Morgan fingerprint density at radius 3 is 2.91 bits per heavy atom. The van der Waals surface area contributed by atoms with Gasteiger partial charge < -0.3 is 9.84 Å². The second-order valence-corrected chi connectivity index (χ2v) is 8.68. The monoisotopic (exact) mass is 460 g/mol. The van der Waals surface area contributed by atoms with E-state index in [1.165, 1.54) is 11.3 Å². The van der Waals surface area contributed by atoms with Gasteiger partial charge in [-0.3, -0.25) is 9.20 Å². The summed E-state index contributed by atoms with van der Waals surface area (Å²) in [6.45, 7) is 1.90. The van der Waals surface area contributed by atoms with Gasteiger partial charge >= 0.3 is 0 Å². The third-order valence-corrected chi connectivity index (χ3v) is 6.28. The van der Waals surface area contributed by atoms with E-state index < -0.39 is 6.17 Å². The number of halogens is 1. The van der Waals surface area contributed by atoms with Crippen molar-refractivity contribution in [3.8, 4) is 22.6 Å². The molecule has 1 N–H and O–H groups in total. The number of anilines is 1. The molecule has 1 saturated carbocycles. The van der Waals surface area contributed by atoms with Crippen LogP contribution in [0.4, 0.5) is 10.1 Å². The van der Waals surface area contributed by atoms with Gasteiger partial charge in [-0.1, -0.05) is 17.3 Å². The minimum atomic E-state index is -0.908. The fraction of sp³-hybridized carbons (Fsp3) is 0.174. The summed E-state index contributed by atoms with van der Waals surface area (Å²) in [5.41, 5.74) is 6.82. The van der Waals surface area contributed by atoms with E-state index in [1.807, 2.05) is 42.8 Å². The van der Waals surface area contributed by atoms with E-state index in [9.17, 15) is 9.18 Å². The summed E-state index contributed by atoms with van der Waals surface area (Å²) in [5.74, 6) is 0.0774. The van der Waals surface area contributed by atoms with Crippen LogP contribution in [0, 0.1) is 6.92 Å². The average molecular weight is 460 g/mol. The number of hydrogen-bond donors (Lipinski definition) is 1. The van der Waals surface area contributed by atoms with Crippen LogP contribution in [0.5, 0.6) is 0 Å². The molecule has 33 heavy (non-hydrogen) atoms. The minimum absolute atomic E-state index is 0.295. The number of carbonyl (C=O) groups excluding carboxylic acids is 1. The summed E-state index contributed by atoms with van der Waals surface area (Å²) in [6, 6.07) is 9.29. The Labute approximate surface area is 191 Å². The summed E-state index contributed by atoms with van der Waals surface area (Å²) < 4.78 is 20.2. The van der Waals surface area contributed by atoms with Gasteiger partial charge in [0.1, 0.15) is 17.5 Å². The van der Waals surface area contributed by atoms with Crippen molar-refractivity contribution in [3.05, 3.63) is 70.8 Å². The number of hydrogen-bond acceptors (Lipinski definition) is 7. The van der Waals surface area contributed by atoms with E-state index in [2.05, 4.69) is 25.4 Å². The number of rotatable bonds is 5. The maximum Gasteiger partial charge on any atom is 0.274 e. The highest BCUT2D eigenvalue weighted by atomic mass is 32.1. The zero-order chi connectivity index (χ0) is 22.5. The predicted octanol–water partition coefficient (Wildman–Crippen LogP) is 4.89. The van der Waals surface area contributed by atoms with Gasteiger partial charge in [-0.15, -0.1) is 11.3 Å². The van der Waals surface area contributed by atoms with Gasteiger partial charge in [0.2, 0.25) is 11.7 Å². The molecule has 0 aliphatic heterocycles. The molecule has 5 aromatic rings. The van der Waals surface area contributed by atoms with Crippen LogP contribution in [0.15, 0.2) is 58.1 Å². The fourth-order valence-corrected chi connectivity index (χ4v) is 4.23. The number of nitrogens with zero attached hydrogens (tertiary/aromatic N) is 5. The third kappa shape index (κ3) is 3.58. The molecule has 0 spiro atoms. The number of carbonyl (C=O) groups is 1. The van der Waals surface area contributed by atoms with Crippen LogP contribution in [0.3, 0.4) is 0 Å². The van der Waals surface area contributed by atoms with Crippen molar-refractivity contribution in [1.29, 1.82) is 0 Å². The van der Waals surface area contributed by atoms with E-state index in [0.29, 0.717) is 40.7 Å². The molecule has 4 aromatic heterocycles. The van der Waals surface area contributed by atoms with Crippen molar-refractivity contribution < 1.29 is 13.7 Å². The lowest BCUT2D eigenvalue weighted by Gasteiger charge is -2.09. The second kappa shape index (κ2) is 7.59. The minimum Gasteiger partial charge on any atom is -0.339 e. The molecule has 10 heteroatoms. The van der Waals surface area contributed by atoms with Crippen molar-refractivity contribution in [1.82, 2.24) is 24.5 Å². The second-order valence-electron chi connectivity index (χ2n) is 7.96. The summed E-state index contributed by atoms with van der Waals surface area (Å²) in [4.78, 5) is 26.1. The molecule has 164 valence electrons. The van der Waals surface area contributed by atoms with Crippen LogP contribution >= 0.6 is 11.3 Å². The number of alkyl halides is 1. The van der Waals surface area contributed by atoms with Crippen LogP contribution < -0.4 is 5.32 Å². The van der Waals surface area contributed by atoms with Crippen LogP contribution in [0.25, 0.3) is 28.3 Å². The highest BCUT2D eigenvalue weighted by Crippen LogP contribution is 2.43. The van der Waals surface area contributed by atoms with Gasteiger partial charge in [0.25, 0.3) is 5.91 Å². The average Bonchev–Trinajstić information content (AvgIpc) is 3.29. The Morgan fingerprint density at radius 1 is 1.24 bits per heavy atom. The lowest BCUT2D eigenvalue weighted by atomic mass is 10.1. The SMILES string of the molecule is Cc1ccc(-c2noc([C@H]3C[C@@H]3F)n2)cc1NC(=O)c1cnc2cc(-c3cscn3)ccn12. The Bertz CT molecular complexity index is 1490. The molecule has 0 saturated heterocycles. The number of imidazole rings is 1. The molecule has 1 aliphatic carbocycles. The van der Waals surface area contributed by atoms with Gasteiger partial charge in [-0.05, 0) is 37.1 Å². The largest absolute Gasteiger partial charge is 0.339 e. The molecule has 0 bridgehead atoms. The van der Waals surface area contributed by atoms with Crippen molar-refractivity contribution in [3.63, 3.8) is 0 Å². The van der Waals surface area contributed by atoms with E-state index in [4.69, 9.17) is 4.52 Å². The predicted molar refractivity (Wildman–Crippen MR) is 121 cm³/mol. The summed E-state index contributed by atoms with van der Waals surface area (Å²) in [6.07, 6.45) is 2.87. The molecule has 0 unspecified atom stereocenters. The quantitative estimate of drug-likeness (QED) is 0.401. The number of amides is 1. The molecule has 4 heterocycles. The molecule has 1 aliphatic rings.